The largest absolute Gasteiger partial charge is 0.396 e. The maximum Gasteiger partial charge on any atom is 0.244 e. The molecule has 0 aromatic carbocycles. The van der Waals surface area contributed by atoms with E-state index in [-0.39, 0.29) is 17.9 Å². The second kappa shape index (κ2) is 7.85. The molecular weight excluding hydrogens is 300 g/mol. The summed E-state index contributed by atoms with van der Waals surface area (Å²) in [6.07, 6.45) is 5.46. The monoisotopic (exact) mass is 326 g/mol. The van der Waals surface area contributed by atoms with E-state index >= 15 is 0 Å². The number of thiazole rings is 1. The van der Waals surface area contributed by atoms with Crippen LogP contribution in [0.4, 0.5) is 0 Å². The number of aromatic nitrogens is 1. The minimum absolute atomic E-state index is 0.00631. The van der Waals surface area contributed by atoms with Gasteiger partial charge in [0, 0.05) is 36.3 Å². The molecule has 6 heteroatoms. The SMILES string of the molecule is COCC(C)(CCO)NC(=O)/C=C/c1cnc(C(C)(C)C)s1. The lowest BCUT2D eigenvalue weighted by molar-refractivity contribution is -0.119. The molecule has 1 aromatic rings. The van der Waals surface area contributed by atoms with Crippen molar-refractivity contribution in [2.24, 2.45) is 0 Å². The van der Waals surface area contributed by atoms with Crippen molar-refractivity contribution in [2.75, 3.05) is 20.3 Å². The number of nitrogens with one attached hydrogen (secondary N) is 1. The fraction of sp³-hybridized carbons (Fsp3) is 0.625. The van der Waals surface area contributed by atoms with Crippen LogP contribution in [-0.4, -0.2) is 41.9 Å². The number of hydrogen-bond acceptors (Lipinski definition) is 5. The number of carbonyl (C=O) groups is 1. The molecule has 1 unspecified atom stereocenters. The van der Waals surface area contributed by atoms with Crippen LogP contribution in [0.2, 0.25) is 0 Å². The maximum atomic E-state index is 12.0. The fourth-order valence-corrected chi connectivity index (χ4v) is 2.82. The minimum atomic E-state index is -0.574. The van der Waals surface area contributed by atoms with Crippen molar-refractivity contribution < 1.29 is 14.6 Å². The second-order valence-electron chi connectivity index (χ2n) is 6.61. The van der Waals surface area contributed by atoms with Crippen molar-refractivity contribution in [3.63, 3.8) is 0 Å². The highest BCUT2D eigenvalue weighted by Crippen LogP contribution is 2.27. The van der Waals surface area contributed by atoms with Gasteiger partial charge in [-0.2, -0.15) is 0 Å². The van der Waals surface area contributed by atoms with Crippen LogP contribution in [0.25, 0.3) is 6.08 Å². The molecule has 1 rings (SSSR count). The van der Waals surface area contributed by atoms with Gasteiger partial charge in [-0.05, 0) is 19.4 Å². The Hall–Kier alpha value is -1.24. The predicted octanol–water partition coefficient (Wildman–Crippen LogP) is 2.36. The summed E-state index contributed by atoms with van der Waals surface area (Å²) in [7, 11) is 1.57. The summed E-state index contributed by atoms with van der Waals surface area (Å²) in [4.78, 5) is 17.4. The van der Waals surface area contributed by atoms with E-state index in [9.17, 15) is 4.79 Å². The first-order chi connectivity index (χ1) is 10.2. The summed E-state index contributed by atoms with van der Waals surface area (Å²) in [6, 6.07) is 0. The van der Waals surface area contributed by atoms with Crippen molar-refractivity contribution in [3.8, 4) is 0 Å². The molecule has 0 radical (unpaired) electrons. The van der Waals surface area contributed by atoms with Crippen molar-refractivity contribution in [1.82, 2.24) is 10.3 Å². The molecule has 22 heavy (non-hydrogen) atoms. The highest BCUT2D eigenvalue weighted by molar-refractivity contribution is 7.12. The van der Waals surface area contributed by atoms with Gasteiger partial charge in [-0.15, -0.1) is 11.3 Å². The predicted molar refractivity (Wildman–Crippen MR) is 90.0 cm³/mol. The van der Waals surface area contributed by atoms with Crippen LogP contribution >= 0.6 is 11.3 Å². The van der Waals surface area contributed by atoms with Crippen LogP contribution in [0.3, 0.4) is 0 Å². The number of ether oxygens (including phenoxy) is 1. The van der Waals surface area contributed by atoms with Gasteiger partial charge in [0.1, 0.15) is 0 Å². The Morgan fingerprint density at radius 3 is 2.64 bits per heavy atom. The van der Waals surface area contributed by atoms with Crippen molar-refractivity contribution >= 4 is 23.3 Å². The lowest BCUT2D eigenvalue weighted by Gasteiger charge is -2.28. The lowest BCUT2D eigenvalue weighted by Crippen LogP contribution is -2.49. The van der Waals surface area contributed by atoms with Gasteiger partial charge in [0.05, 0.1) is 17.2 Å². The minimum Gasteiger partial charge on any atom is -0.396 e. The molecule has 0 fully saturated rings. The Kier molecular flexibility index (Phi) is 6.71. The summed E-state index contributed by atoms with van der Waals surface area (Å²) in [5.41, 5.74) is -0.563. The summed E-state index contributed by atoms with van der Waals surface area (Å²) in [5.74, 6) is -0.210. The lowest BCUT2D eigenvalue weighted by atomic mass is 9.98. The van der Waals surface area contributed by atoms with Crippen LogP contribution in [0.1, 0.15) is 44.0 Å². The number of methoxy groups -OCH3 is 1. The number of hydrogen-bond donors (Lipinski definition) is 2. The van der Waals surface area contributed by atoms with Gasteiger partial charge in [-0.1, -0.05) is 20.8 Å². The molecule has 1 aromatic heterocycles. The van der Waals surface area contributed by atoms with Crippen molar-refractivity contribution in [1.29, 1.82) is 0 Å². The van der Waals surface area contributed by atoms with E-state index in [0.717, 1.165) is 9.88 Å². The first kappa shape index (κ1) is 18.8. The highest BCUT2D eigenvalue weighted by atomic mass is 32.1. The molecule has 2 N–H and O–H groups in total. The molecule has 0 aliphatic rings. The quantitative estimate of drug-likeness (QED) is 0.755. The first-order valence-corrected chi connectivity index (χ1v) is 8.08. The van der Waals surface area contributed by atoms with E-state index in [1.165, 1.54) is 6.08 Å². The third-order valence-corrected chi connectivity index (χ3v) is 4.50. The van der Waals surface area contributed by atoms with Gasteiger partial charge in [-0.3, -0.25) is 4.79 Å². The Bertz CT molecular complexity index is 512. The molecule has 0 bridgehead atoms. The first-order valence-electron chi connectivity index (χ1n) is 7.26. The Morgan fingerprint density at radius 1 is 1.45 bits per heavy atom. The molecule has 1 atom stereocenters. The van der Waals surface area contributed by atoms with E-state index in [1.54, 1.807) is 30.7 Å². The number of amides is 1. The molecule has 124 valence electrons. The van der Waals surface area contributed by atoms with Gasteiger partial charge in [-0.25, -0.2) is 4.98 Å². The van der Waals surface area contributed by atoms with Crippen LogP contribution in [-0.2, 0) is 14.9 Å². The fourth-order valence-electron chi connectivity index (χ4n) is 1.94. The molecule has 1 heterocycles. The Labute approximate surface area is 136 Å². The normalized spacial score (nSPS) is 15.0. The summed E-state index contributed by atoms with van der Waals surface area (Å²) in [5, 5.41) is 13.0. The van der Waals surface area contributed by atoms with Gasteiger partial charge in [0.2, 0.25) is 5.91 Å². The van der Waals surface area contributed by atoms with Crippen LogP contribution in [0.5, 0.6) is 0 Å². The summed E-state index contributed by atoms with van der Waals surface area (Å²) >= 11 is 1.58. The molecule has 0 spiro atoms. The molecule has 0 aliphatic heterocycles. The van der Waals surface area contributed by atoms with Gasteiger partial charge in [0.15, 0.2) is 0 Å². The van der Waals surface area contributed by atoms with Crippen molar-refractivity contribution in [3.05, 3.63) is 22.2 Å². The molecule has 0 aliphatic carbocycles. The van der Waals surface area contributed by atoms with Crippen molar-refractivity contribution in [2.45, 2.75) is 45.1 Å². The van der Waals surface area contributed by atoms with Crippen LogP contribution in [0, 0.1) is 0 Å². The smallest absolute Gasteiger partial charge is 0.244 e. The molecule has 0 saturated heterocycles. The molecular formula is C16H26N2O3S. The summed E-state index contributed by atoms with van der Waals surface area (Å²) in [6.45, 7) is 8.52. The van der Waals surface area contributed by atoms with E-state index in [4.69, 9.17) is 9.84 Å². The Balaban J connectivity index is 2.69. The van der Waals surface area contributed by atoms with Crippen LogP contribution < -0.4 is 5.32 Å². The molecule has 5 nitrogen and oxygen atoms in total. The maximum absolute atomic E-state index is 12.0. The van der Waals surface area contributed by atoms with E-state index in [2.05, 4.69) is 31.1 Å². The zero-order valence-corrected chi connectivity index (χ0v) is 14.8. The number of aliphatic hydroxyl groups is 1. The van der Waals surface area contributed by atoms with Crippen LogP contribution in [0.15, 0.2) is 12.3 Å². The average molecular weight is 326 g/mol. The molecule has 0 saturated carbocycles. The van der Waals surface area contributed by atoms with E-state index in [0.29, 0.717) is 13.0 Å². The average Bonchev–Trinajstić information content (AvgIpc) is 2.85. The van der Waals surface area contributed by atoms with Gasteiger partial charge >= 0.3 is 0 Å². The topological polar surface area (TPSA) is 71.5 Å². The van der Waals surface area contributed by atoms with Gasteiger partial charge in [0.25, 0.3) is 0 Å². The standard InChI is InChI=1S/C16H26N2O3S/c1-15(2,3)14-17-10-12(22-14)6-7-13(20)18-16(4,8-9-19)11-21-5/h6-7,10,19H,8-9,11H2,1-5H3,(H,18,20)/b7-6+. The van der Waals surface area contributed by atoms with E-state index < -0.39 is 5.54 Å². The third kappa shape index (κ3) is 5.87. The zero-order valence-electron chi connectivity index (χ0n) is 14.0. The van der Waals surface area contributed by atoms with E-state index in [1.807, 2.05) is 6.92 Å². The third-order valence-electron chi connectivity index (χ3n) is 3.12. The number of rotatable bonds is 7. The Morgan fingerprint density at radius 2 is 2.14 bits per heavy atom. The number of aliphatic hydroxyl groups excluding tert-OH is 1. The second-order valence-corrected chi connectivity index (χ2v) is 7.67. The highest BCUT2D eigenvalue weighted by Gasteiger charge is 2.25. The summed E-state index contributed by atoms with van der Waals surface area (Å²) < 4.78 is 5.11. The number of nitrogens with zero attached hydrogens (tertiary/aromatic N) is 1. The number of carbonyl (C=O) groups excluding carboxylic acids is 1. The zero-order chi connectivity index (χ0) is 16.8. The molecule has 1 amide bonds. The van der Waals surface area contributed by atoms with Gasteiger partial charge < -0.3 is 15.2 Å².